The molecule has 0 amide bonds. The van der Waals surface area contributed by atoms with Gasteiger partial charge in [0.05, 0.1) is 5.88 Å². The van der Waals surface area contributed by atoms with E-state index < -0.39 is 8.32 Å². The van der Waals surface area contributed by atoms with Gasteiger partial charge < -0.3 is 9.16 Å². The van der Waals surface area contributed by atoms with Crippen molar-refractivity contribution in [1.82, 2.24) is 0 Å². The second-order valence-electron chi connectivity index (χ2n) is 4.22. The second-order valence-corrected chi connectivity index (χ2v) is 9.03. The van der Waals surface area contributed by atoms with Crippen LogP contribution in [0.4, 0.5) is 0 Å². The smallest absolute Gasteiger partial charge is 0.242 e. The van der Waals surface area contributed by atoms with E-state index in [9.17, 15) is 0 Å². The molecule has 0 atom stereocenters. The van der Waals surface area contributed by atoms with E-state index in [1.54, 1.807) is 0 Å². The first-order chi connectivity index (χ1) is 7.01. The lowest BCUT2D eigenvalue weighted by atomic mass is 10.3. The standard InChI is InChI=1S/C11H17ClO2Si/c1-15(2,3)14-11-6-4-10(5-7-11)13-9-8-12/h4-7H,8-9H2,1-3H3. The predicted molar refractivity (Wildman–Crippen MR) is 66.6 cm³/mol. The summed E-state index contributed by atoms with van der Waals surface area (Å²) < 4.78 is 11.2. The van der Waals surface area contributed by atoms with E-state index in [1.807, 2.05) is 24.3 Å². The first-order valence-corrected chi connectivity index (χ1v) is 8.93. The Labute approximate surface area is 97.3 Å². The number of benzene rings is 1. The van der Waals surface area contributed by atoms with Crippen LogP contribution in [0.25, 0.3) is 0 Å². The van der Waals surface area contributed by atoms with E-state index in [0.29, 0.717) is 12.5 Å². The largest absolute Gasteiger partial charge is 0.544 e. The van der Waals surface area contributed by atoms with E-state index in [4.69, 9.17) is 20.8 Å². The Balaban J connectivity index is 2.56. The molecule has 1 aromatic rings. The average molecular weight is 245 g/mol. The molecule has 15 heavy (non-hydrogen) atoms. The Kier molecular flexibility index (Phi) is 4.48. The fraction of sp³-hybridized carbons (Fsp3) is 0.455. The van der Waals surface area contributed by atoms with E-state index in [1.165, 1.54) is 0 Å². The minimum Gasteiger partial charge on any atom is -0.544 e. The lowest BCUT2D eigenvalue weighted by Gasteiger charge is -2.19. The molecule has 0 bridgehead atoms. The van der Waals surface area contributed by atoms with Crippen molar-refractivity contribution < 1.29 is 9.16 Å². The van der Waals surface area contributed by atoms with Gasteiger partial charge in [0.25, 0.3) is 0 Å². The number of alkyl halides is 1. The normalized spacial score (nSPS) is 11.2. The Bertz CT molecular complexity index is 292. The third-order valence-electron chi connectivity index (χ3n) is 1.59. The third-order valence-corrected chi connectivity index (χ3v) is 2.60. The van der Waals surface area contributed by atoms with Gasteiger partial charge >= 0.3 is 0 Å². The van der Waals surface area contributed by atoms with Gasteiger partial charge in [0.1, 0.15) is 18.1 Å². The van der Waals surface area contributed by atoms with Gasteiger partial charge in [-0.25, -0.2) is 0 Å². The Morgan fingerprint density at radius 1 is 1.07 bits per heavy atom. The van der Waals surface area contributed by atoms with Gasteiger partial charge in [-0.15, -0.1) is 11.6 Å². The highest BCUT2D eigenvalue weighted by Gasteiger charge is 2.15. The highest BCUT2D eigenvalue weighted by atomic mass is 35.5. The third kappa shape index (κ3) is 5.09. The minimum absolute atomic E-state index is 0.507. The van der Waals surface area contributed by atoms with Crippen LogP contribution in [0.3, 0.4) is 0 Å². The molecule has 0 aliphatic carbocycles. The number of ether oxygens (including phenoxy) is 1. The zero-order valence-electron chi connectivity index (χ0n) is 9.42. The van der Waals surface area contributed by atoms with Crippen LogP contribution in [0.5, 0.6) is 11.5 Å². The Morgan fingerprint density at radius 2 is 1.60 bits per heavy atom. The fourth-order valence-corrected chi connectivity index (χ4v) is 2.03. The molecule has 0 aromatic heterocycles. The van der Waals surface area contributed by atoms with Gasteiger partial charge in [-0.3, -0.25) is 0 Å². The highest BCUT2D eigenvalue weighted by Crippen LogP contribution is 2.20. The molecule has 0 fully saturated rings. The zero-order valence-corrected chi connectivity index (χ0v) is 11.2. The summed E-state index contributed by atoms with van der Waals surface area (Å²) in [5.41, 5.74) is 0. The van der Waals surface area contributed by atoms with Crippen LogP contribution in [0, 0.1) is 0 Å². The molecule has 0 spiro atoms. The quantitative estimate of drug-likeness (QED) is 0.583. The van der Waals surface area contributed by atoms with E-state index >= 15 is 0 Å². The topological polar surface area (TPSA) is 18.5 Å². The molecule has 2 nitrogen and oxygen atoms in total. The van der Waals surface area contributed by atoms with E-state index in [0.717, 1.165) is 11.5 Å². The molecule has 1 aromatic carbocycles. The molecule has 0 radical (unpaired) electrons. The SMILES string of the molecule is C[Si](C)(C)Oc1ccc(OCCCl)cc1. The van der Waals surface area contributed by atoms with Crippen molar-refractivity contribution in [2.45, 2.75) is 19.6 Å². The minimum atomic E-state index is -1.50. The molecule has 0 heterocycles. The summed E-state index contributed by atoms with van der Waals surface area (Å²) >= 11 is 5.53. The van der Waals surface area contributed by atoms with Gasteiger partial charge in [-0.2, -0.15) is 0 Å². The van der Waals surface area contributed by atoms with Crippen molar-refractivity contribution >= 4 is 19.9 Å². The van der Waals surface area contributed by atoms with Crippen LogP contribution in [0.2, 0.25) is 19.6 Å². The van der Waals surface area contributed by atoms with Crippen molar-refractivity contribution in [3.05, 3.63) is 24.3 Å². The lowest BCUT2D eigenvalue weighted by Crippen LogP contribution is -2.29. The maximum absolute atomic E-state index is 5.82. The molecule has 4 heteroatoms. The summed E-state index contributed by atoms with van der Waals surface area (Å²) in [7, 11) is -1.50. The maximum Gasteiger partial charge on any atom is 0.242 e. The molecule has 0 aliphatic heterocycles. The summed E-state index contributed by atoms with van der Waals surface area (Å²) in [6.07, 6.45) is 0. The van der Waals surface area contributed by atoms with Crippen molar-refractivity contribution in [2.75, 3.05) is 12.5 Å². The summed E-state index contributed by atoms with van der Waals surface area (Å²) in [6, 6.07) is 7.67. The summed E-state index contributed by atoms with van der Waals surface area (Å²) in [4.78, 5) is 0. The first kappa shape index (κ1) is 12.4. The molecule has 84 valence electrons. The highest BCUT2D eigenvalue weighted by molar-refractivity contribution is 6.70. The second kappa shape index (κ2) is 5.42. The van der Waals surface area contributed by atoms with Crippen molar-refractivity contribution in [1.29, 1.82) is 0 Å². The summed E-state index contributed by atoms with van der Waals surface area (Å²) in [5, 5.41) is 0. The number of hydrogen-bond donors (Lipinski definition) is 0. The molecule has 1 rings (SSSR count). The van der Waals surface area contributed by atoms with Gasteiger partial charge in [-0.05, 0) is 43.9 Å². The summed E-state index contributed by atoms with van der Waals surface area (Å²) in [5.74, 6) is 2.25. The monoisotopic (exact) mass is 244 g/mol. The maximum atomic E-state index is 5.82. The molecule has 0 N–H and O–H groups in total. The van der Waals surface area contributed by atoms with Crippen LogP contribution >= 0.6 is 11.6 Å². The van der Waals surface area contributed by atoms with Crippen LogP contribution < -0.4 is 9.16 Å². The fourth-order valence-electron chi connectivity index (χ4n) is 1.11. The van der Waals surface area contributed by atoms with E-state index in [-0.39, 0.29) is 0 Å². The first-order valence-electron chi connectivity index (χ1n) is 4.99. The van der Waals surface area contributed by atoms with Crippen molar-refractivity contribution in [2.24, 2.45) is 0 Å². The Hall–Kier alpha value is -0.673. The number of halogens is 1. The summed E-state index contributed by atoms with van der Waals surface area (Å²) in [6.45, 7) is 7.01. The molecule has 0 unspecified atom stereocenters. The van der Waals surface area contributed by atoms with Gasteiger partial charge in [0.2, 0.25) is 8.32 Å². The lowest BCUT2D eigenvalue weighted by molar-refractivity contribution is 0.342. The molecular formula is C11H17ClO2Si. The Morgan fingerprint density at radius 3 is 2.07 bits per heavy atom. The van der Waals surface area contributed by atoms with Gasteiger partial charge in [0, 0.05) is 0 Å². The molecule has 0 saturated carbocycles. The van der Waals surface area contributed by atoms with Gasteiger partial charge in [-0.1, -0.05) is 0 Å². The van der Waals surface area contributed by atoms with Crippen LogP contribution in [0.1, 0.15) is 0 Å². The van der Waals surface area contributed by atoms with Gasteiger partial charge in [0.15, 0.2) is 0 Å². The van der Waals surface area contributed by atoms with Crippen molar-refractivity contribution in [3.63, 3.8) is 0 Å². The van der Waals surface area contributed by atoms with E-state index in [2.05, 4.69) is 19.6 Å². The zero-order chi connectivity index (χ0) is 11.3. The van der Waals surface area contributed by atoms with Crippen LogP contribution in [-0.2, 0) is 0 Å². The number of hydrogen-bond acceptors (Lipinski definition) is 2. The van der Waals surface area contributed by atoms with Crippen LogP contribution in [-0.4, -0.2) is 20.8 Å². The predicted octanol–water partition coefficient (Wildman–Crippen LogP) is 3.52. The van der Waals surface area contributed by atoms with Crippen molar-refractivity contribution in [3.8, 4) is 11.5 Å². The van der Waals surface area contributed by atoms with Crippen LogP contribution in [0.15, 0.2) is 24.3 Å². The molecular weight excluding hydrogens is 228 g/mol. The molecule has 0 aliphatic rings. The average Bonchev–Trinajstić information content (AvgIpc) is 2.14. The number of rotatable bonds is 5. The molecule has 0 saturated heterocycles.